The normalized spacial score (nSPS) is 15.1. The number of primary sulfonamides is 1. The van der Waals surface area contributed by atoms with Crippen LogP contribution in [0.2, 0.25) is 0 Å². The number of aromatic nitrogens is 2. The highest BCUT2D eigenvalue weighted by atomic mass is 32.2. The van der Waals surface area contributed by atoms with Crippen molar-refractivity contribution in [3.63, 3.8) is 0 Å². The number of nitrogens with zero attached hydrogens (tertiary/aromatic N) is 2. The summed E-state index contributed by atoms with van der Waals surface area (Å²) in [7, 11) is -4.05. The van der Waals surface area contributed by atoms with Gasteiger partial charge in [0.25, 0.3) is 0 Å². The Morgan fingerprint density at radius 2 is 2.19 bits per heavy atom. The van der Waals surface area contributed by atoms with Crippen LogP contribution in [-0.2, 0) is 16.6 Å². The number of halogens is 1. The van der Waals surface area contributed by atoms with Gasteiger partial charge in [-0.05, 0) is 31.0 Å². The molecule has 21 heavy (non-hydrogen) atoms. The SMILES string of the molecule is NS(=O)(=O)c1cc(F)ccc1OCc1cncn1C1CC1. The van der Waals surface area contributed by atoms with Gasteiger partial charge in [-0.2, -0.15) is 0 Å². The molecule has 1 aromatic carbocycles. The van der Waals surface area contributed by atoms with Crippen LogP contribution >= 0.6 is 0 Å². The highest BCUT2D eigenvalue weighted by molar-refractivity contribution is 7.89. The Morgan fingerprint density at radius 3 is 2.86 bits per heavy atom. The summed E-state index contributed by atoms with van der Waals surface area (Å²) in [4.78, 5) is 3.70. The smallest absolute Gasteiger partial charge is 0.241 e. The number of sulfonamides is 1. The number of hydrogen-bond donors (Lipinski definition) is 1. The molecule has 1 heterocycles. The number of ether oxygens (including phenoxy) is 1. The van der Waals surface area contributed by atoms with Crippen molar-refractivity contribution < 1.29 is 17.5 Å². The molecule has 1 aliphatic rings. The van der Waals surface area contributed by atoms with E-state index in [4.69, 9.17) is 9.88 Å². The molecular formula is C13H14FN3O3S. The standard InChI is InChI=1S/C13H14FN3O3S/c14-9-1-4-12(13(5-9)21(15,18)19)20-7-11-6-16-8-17(11)10-2-3-10/h1,4-6,8,10H,2-3,7H2,(H2,15,18,19). The zero-order valence-electron chi connectivity index (χ0n) is 11.1. The first-order valence-corrected chi connectivity index (χ1v) is 7.95. The van der Waals surface area contributed by atoms with Gasteiger partial charge >= 0.3 is 0 Å². The lowest BCUT2D eigenvalue weighted by molar-refractivity contribution is 0.286. The number of imidazole rings is 1. The fraction of sp³-hybridized carbons (Fsp3) is 0.308. The average molecular weight is 311 g/mol. The summed E-state index contributed by atoms with van der Waals surface area (Å²) in [6.07, 6.45) is 5.59. The van der Waals surface area contributed by atoms with Gasteiger partial charge in [0.05, 0.1) is 18.2 Å². The molecular weight excluding hydrogens is 297 g/mol. The number of hydrogen-bond acceptors (Lipinski definition) is 4. The molecule has 112 valence electrons. The maximum atomic E-state index is 13.2. The third kappa shape index (κ3) is 3.06. The Kier molecular flexibility index (Phi) is 3.42. The minimum Gasteiger partial charge on any atom is -0.486 e. The van der Waals surface area contributed by atoms with E-state index in [-0.39, 0.29) is 17.3 Å². The average Bonchev–Trinajstić information content (AvgIpc) is 3.15. The Morgan fingerprint density at radius 1 is 1.43 bits per heavy atom. The molecule has 1 aromatic heterocycles. The molecule has 0 saturated heterocycles. The van der Waals surface area contributed by atoms with Crippen molar-refractivity contribution >= 4 is 10.0 Å². The first-order valence-electron chi connectivity index (χ1n) is 6.41. The van der Waals surface area contributed by atoms with Gasteiger partial charge in [-0.3, -0.25) is 0 Å². The molecule has 0 bridgehead atoms. The van der Waals surface area contributed by atoms with Crippen LogP contribution in [0, 0.1) is 5.82 Å². The van der Waals surface area contributed by atoms with Crippen LogP contribution in [0.5, 0.6) is 5.75 Å². The van der Waals surface area contributed by atoms with Gasteiger partial charge in [0.15, 0.2) is 0 Å². The summed E-state index contributed by atoms with van der Waals surface area (Å²) >= 11 is 0. The van der Waals surface area contributed by atoms with E-state index < -0.39 is 15.8 Å². The van der Waals surface area contributed by atoms with Crippen molar-refractivity contribution in [1.82, 2.24) is 9.55 Å². The number of nitrogens with two attached hydrogens (primary N) is 1. The van der Waals surface area contributed by atoms with E-state index >= 15 is 0 Å². The van der Waals surface area contributed by atoms with Crippen LogP contribution < -0.4 is 9.88 Å². The van der Waals surface area contributed by atoms with E-state index in [1.165, 1.54) is 6.07 Å². The molecule has 8 heteroatoms. The molecule has 0 radical (unpaired) electrons. The molecule has 6 nitrogen and oxygen atoms in total. The van der Waals surface area contributed by atoms with E-state index in [0.29, 0.717) is 6.04 Å². The molecule has 0 amide bonds. The van der Waals surface area contributed by atoms with Crippen molar-refractivity contribution in [2.75, 3.05) is 0 Å². The second kappa shape index (κ2) is 5.12. The van der Waals surface area contributed by atoms with Crippen LogP contribution in [0.15, 0.2) is 35.6 Å². The van der Waals surface area contributed by atoms with Crippen molar-refractivity contribution in [2.24, 2.45) is 5.14 Å². The highest BCUT2D eigenvalue weighted by Gasteiger charge is 2.25. The molecule has 2 N–H and O–H groups in total. The molecule has 3 rings (SSSR count). The third-order valence-corrected chi connectivity index (χ3v) is 4.21. The van der Waals surface area contributed by atoms with Crippen LogP contribution in [0.3, 0.4) is 0 Å². The first-order chi connectivity index (χ1) is 9.95. The Bertz CT molecular complexity index is 769. The van der Waals surface area contributed by atoms with E-state index in [1.807, 2.05) is 4.57 Å². The quantitative estimate of drug-likeness (QED) is 0.908. The van der Waals surface area contributed by atoms with Crippen LogP contribution in [0.25, 0.3) is 0 Å². The fourth-order valence-electron chi connectivity index (χ4n) is 2.10. The van der Waals surface area contributed by atoms with Gasteiger partial charge in [0, 0.05) is 6.04 Å². The van der Waals surface area contributed by atoms with Crippen LogP contribution in [0.4, 0.5) is 4.39 Å². The van der Waals surface area contributed by atoms with Gasteiger partial charge in [-0.25, -0.2) is 22.9 Å². The van der Waals surface area contributed by atoms with Crippen molar-refractivity contribution in [3.05, 3.63) is 42.2 Å². The van der Waals surface area contributed by atoms with Gasteiger partial charge in [0.2, 0.25) is 10.0 Å². The first kappa shape index (κ1) is 14.0. The van der Waals surface area contributed by atoms with E-state index in [9.17, 15) is 12.8 Å². The lowest BCUT2D eigenvalue weighted by Crippen LogP contribution is -2.14. The van der Waals surface area contributed by atoms with E-state index in [0.717, 1.165) is 30.7 Å². The van der Waals surface area contributed by atoms with Crippen LogP contribution in [-0.4, -0.2) is 18.0 Å². The molecule has 1 saturated carbocycles. The maximum Gasteiger partial charge on any atom is 0.241 e. The molecule has 1 aliphatic carbocycles. The highest BCUT2D eigenvalue weighted by Crippen LogP contribution is 2.36. The predicted molar refractivity (Wildman–Crippen MR) is 72.6 cm³/mol. The second-order valence-corrected chi connectivity index (χ2v) is 6.48. The summed E-state index contributed by atoms with van der Waals surface area (Å²) in [5.74, 6) is -0.656. The maximum absolute atomic E-state index is 13.2. The van der Waals surface area contributed by atoms with Gasteiger partial charge in [-0.15, -0.1) is 0 Å². The lowest BCUT2D eigenvalue weighted by atomic mass is 10.3. The molecule has 1 fully saturated rings. The van der Waals surface area contributed by atoms with Gasteiger partial charge < -0.3 is 9.30 Å². The molecule has 2 aromatic rings. The summed E-state index contributed by atoms with van der Waals surface area (Å²) < 4.78 is 43.6. The van der Waals surface area contributed by atoms with Gasteiger partial charge in [-0.1, -0.05) is 0 Å². The monoisotopic (exact) mass is 311 g/mol. The predicted octanol–water partition coefficient (Wildman–Crippen LogP) is 1.58. The molecule has 0 atom stereocenters. The Labute approximate surface area is 121 Å². The number of benzene rings is 1. The zero-order chi connectivity index (χ0) is 15.0. The Hall–Kier alpha value is -1.93. The third-order valence-electron chi connectivity index (χ3n) is 3.27. The molecule has 0 spiro atoms. The lowest BCUT2D eigenvalue weighted by Gasteiger charge is -2.11. The number of rotatable bonds is 5. The summed E-state index contributed by atoms with van der Waals surface area (Å²) in [6, 6.07) is 3.68. The van der Waals surface area contributed by atoms with E-state index in [2.05, 4.69) is 4.98 Å². The Balaban J connectivity index is 1.83. The summed E-state index contributed by atoms with van der Waals surface area (Å²) in [5.41, 5.74) is 0.835. The van der Waals surface area contributed by atoms with Crippen molar-refractivity contribution in [3.8, 4) is 5.75 Å². The minimum absolute atomic E-state index is 0.0300. The minimum atomic E-state index is -4.05. The summed E-state index contributed by atoms with van der Waals surface area (Å²) in [6.45, 7) is 0.144. The van der Waals surface area contributed by atoms with E-state index in [1.54, 1.807) is 12.5 Å². The van der Waals surface area contributed by atoms with Gasteiger partial charge in [0.1, 0.15) is 23.1 Å². The van der Waals surface area contributed by atoms with Crippen molar-refractivity contribution in [2.45, 2.75) is 30.4 Å². The molecule has 0 unspecified atom stereocenters. The van der Waals surface area contributed by atoms with Crippen LogP contribution in [0.1, 0.15) is 24.6 Å². The largest absolute Gasteiger partial charge is 0.486 e. The second-order valence-electron chi connectivity index (χ2n) is 4.95. The topological polar surface area (TPSA) is 87.2 Å². The zero-order valence-corrected chi connectivity index (χ0v) is 11.9. The molecule has 0 aliphatic heterocycles. The summed E-state index contributed by atoms with van der Waals surface area (Å²) in [5, 5.41) is 5.07. The fourth-order valence-corrected chi connectivity index (χ4v) is 2.78. The van der Waals surface area contributed by atoms with Crippen molar-refractivity contribution in [1.29, 1.82) is 0 Å².